The largest absolute Gasteiger partial charge is 0.464 e. The minimum absolute atomic E-state index is 0.204. The second kappa shape index (κ2) is 4.21. The highest BCUT2D eigenvalue weighted by atomic mass is 16.5. The monoisotopic (exact) mass is 197 g/mol. The molecule has 5 nitrogen and oxygen atoms in total. The molecule has 78 valence electrons. The lowest BCUT2D eigenvalue weighted by molar-refractivity contribution is 0.0592. The smallest absolute Gasteiger partial charge is 0.360 e. The predicted molar refractivity (Wildman–Crippen MR) is 51.1 cm³/mol. The molecular weight excluding hydrogens is 182 g/mol. The van der Waals surface area contributed by atoms with Gasteiger partial charge in [0, 0.05) is 6.04 Å². The predicted octanol–water partition coefficient (Wildman–Crippen LogP) is 1.21. The molecule has 0 atom stereocenters. The molecule has 0 saturated heterocycles. The quantitative estimate of drug-likeness (QED) is 0.683. The van der Waals surface area contributed by atoms with Crippen LogP contribution in [0.1, 0.15) is 43.0 Å². The summed E-state index contributed by atoms with van der Waals surface area (Å²) in [6.45, 7) is 5.95. The normalized spacial score (nSPS) is 10.6. The van der Waals surface area contributed by atoms with E-state index in [4.69, 9.17) is 0 Å². The Morgan fingerprint density at radius 1 is 1.57 bits per heavy atom. The van der Waals surface area contributed by atoms with Crippen molar-refractivity contribution < 1.29 is 9.53 Å². The summed E-state index contributed by atoms with van der Waals surface area (Å²) >= 11 is 0. The topological polar surface area (TPSA) is 57.0 Å². The van der Waals surface area contributed by atoms with E-state index in [1.54, 1.807) is 4.68 Å². The van der Waals surface area contributed by atoms with E-state index in [0.717, 1.165) is 12.1 Å². The molecule has 0 radical (unpaired) electrons. The van der Waals surface area contributed by atoms with E-state index in [0.29, 0.717) is 5.69 Å². The third-order valence-electron chi connectivity index (χ3n) is 1.99. The van der Waals surface area contributed by atoms with Gasteiger partial charge in [-0.25, -0.2) is 9.48 Å². The van der Waals surface area contributed by atoms with Crippen molar-refractivity contribution >= 4 is 5.97 Å². The van der Waals surface area contributed by atoms with E-state index in [9.17, 15) is 4.79 Å². The Labute approximate surface area is 83.1 Å². The van der Waals surface area contributed by atoms with Gasteiger partial charge in [0.15, 0.2) is 5.69 Å². The number of hydrogen-bond donors (Lipinski definition) is 0. The molecule has 1 aromatic heterocycles. The Kier molecular flexibility index (Phi) is 3.22. The van der Waals surface area contributed by atoms with E-state index in [2.05, 4.69) is 15.0 Å². The highest BCUT2D eigenvalue weighted by molar-refractivity contribution is 5.88. The van der Waals surface area contributed by atoms with Gasteiger partial charge in [-0.05, 0) is 20.3 Å². The second-order valence-corrected chi connectivity index (χ2v) is 3.27. The molecule has 0 aliphatic heterocycles. The fourth-order valence-electron chi connectivity index (χ4n) is 1.31. The molecular formula is C9H15N3O2. The zero-order valence-electron chi connectivity index (χ0n) is 8.94. The average molecular weight is 197 g/mol. The van der Waals surface area contributed by atoms with Gasteiger partial charge in [0.1, 0.15) is 0 Å². The number of nitrogens with zero attached hydrogens (tertiary/aromatic N) is 3. The van der Waals surface area contributed by atoms with Crippen molar-refractivity contribution in [3.8, 4) is 0 Å². The molecule has 0 spiro atoms. The number of rotatable bonds is 3. The Hall–Kier alpha value is -1.39. The first-order valence-corrected chi connectivity index (χ1v) is 4.64. The molecule has 1 rings (SSSR count). The van der Waals surface area contributed by atoms with Gasteiger partial charge in [0.05, 0.1) is 12.8 Å². The van der Waals surface area contributed by atoms with Crippen LogP contribution in [-0.2, 0) is 11.2 Å². The van der Waals surface area contributed by atoms with Crippen LogP contribution in [0.4, 0.5) is 0 Å². The van der Waals surface area contributed by atoms with Crippen LogP contribution in [0.15, 0.2) is 0 Å². The summed E-state index contributed by atoms with van der Waals surface area (Å²) in [5.41, 5.74) is 1.15. The zero-order chi connectivity index (χ0) is 10.7. The van der Waals surface area contributed by atoms with Gasteiger partial charge in [0.2, 0.25) is 0 Å². The molecule has 0 unspecified atom stereocenters. The summed E-state index contributed by atoms with van der Waals surface area (Å²) in [7, 11) is 1.34. The van der Waals surface area contributed by atoms with Crippen molar-refractivity contribution in [2.24, 2.45) is 0 Å². The lowest BCUT2D eigenvalue weighted by Crippen LogP contribution is -2.10. The molecule has 0 bridgehead atoms. The average Bonchev–Trinajstić information content (AvgIpc) is 2.59. The Morgan fingerprint density at radius 2 is 2.21 bits per heavy atom. The van der Waals surface area contributed by atoms with Crippen molar-refractivity contribution in [2.75, 3.05) is 7.11 Å². The minimum atomic E-state index is -0.422. The van der Waals surface area contributed by atoms with Gasteiger partial charge >= 0.3 is 5.97 Å². The first-order valence-electron chi connectivity index (χ1n) is 4.64. The van der Waals surface area contributed by atoms with Crippen LogP contribution < -0.4 is 0 Å². The molecule has 0 aromatic carbocycles. The summed E-state index contributed by atoms with van der Waals surface area (Å²) in [5, 5.41) is 7.74. The number of carbonyl (C=O) groups excluding carboxylic acids is 1. The lowest BCUT2D eigenvalue weighted by atomic mass is 10.2. The van der Waals surface area contributed by atoms with Gasteiger partial charge < -0.3 is 4.74 Å². The summed E-state index contributed by atoms with van der Waals surface area (Å²) < 4.78 is 6.36. The van der Waals surface area contributed by atoms with Crippen LogP contribution in [0.25, 0.3) is 0 Å². The van der Waals surface area contributed by atoms with E-state index < -0.39 is 5.97 Å². The molecule has 0 aliphatic rings. The van der Waals surface area contributed by atoms with Crippen molar-refractivity contribution in [1.29, 1.82) is 0 Å². The summed E-state index contributed by atoms with van der Waals surface area (Å²) in [5.74, 6) is -0.422. The van der Waals surface area contributed by atoms with Gasteiger partial charge in [-0.3, -0.25) is 0 Å². The third-order valence-corrected chi connectivity index (χ3v) is 1.99. The Morgan fingerprint density at radius 3 is 2.64 bits per heavy atom. The van der Waals surface area contributed by atoms with Crippen LogP contribution in [0.2, 0.25) is 0 Å². The molecule has 0 saturated carbocycles. The van der Waals surface area contributed by atoms with Crippen molar-refractivity contribution in [2.45, 2.75) is 33.2 Å². The molecule has 0 amide bonds. The van der Waals surface area contributed by atoms with E-state index >= 15 is 0 Å². The molecule has 1 heterocycles. The maximum Gasteiger partial charge on any atom is 0.360 e. The molecule has 0 N–H and O–H groups in total. The molecule has 0 fully saturated rings. The summed E-state index contributed by atoms with van der Waals surface area (Å²) in [4.78, 5) is 11.3. The van der Waals surface area contributed by atoms with E-state index in [1.807, 2.05) is 20.8 Å². The van der Waals surface area contributed by atoms with Crippen LogP contribution in [0, 0.1) is 0 Å². The van der Waals surface area contributed by atoms with Gasteiger partial charge in [0.25, 0.3) is 0 Å². The molecule has 0 aliphatic carbocycles. The fraction of sp³-hybridized carbons (Fsp3) is 0.667. The Balaban J connectivity index is 3.13. The third kappa shape index (κ3) is 1.76. The zero-order valence-corrected chi connectivity index (χ0v) is 8.94. The van der Waals surface area contributed by atoms with Crippen LogP contribution in [0.3, 0.4) is 0 Å². The highest BCUT2D eigenvalue weighted by Gasteiger charge is 2.19. The maximum absolute atomic E-state index is 11.3. The first kappa shape index (κ1) is 10.7. The second-order valence-electron chi connectivity index (χ2n) is 3.27. The van der Waals surface area contributed by atoms with Crippen LogP contribution >= 0.6 is 0 Å². The molecule has 5 heteroatoms. The fourth-order valence-corrected chi connectivity index (χ4v) is 1.31. The van der Waals surface area contributed by atoms with Gasteiger partial charge in [-0.1, -0.05) is 12.1 Å². The number of hydrogen-bond acceptors (Lipinski definition) is 4. The SMILES string of the molecule is CCc1c(C(=O)OC)nnn1C(C)C. The first-order chi connectivity index (χ1) is 6.61. The van der Waals surface area contributed by atoms with Gasteiger partial charge in [-0.15, -0.1) is 5.10 Å². The summed E-state index contributed by atoms with van der Waals surface area (Å²) in [6.07, 6.45) is 0.718. The molecule has 1 aromatic rings. The van der Waals surface area contributed by atoms with Crippen molar-refractivity contribution in [1.82, 2.24) is 15.0 Å². The Bertz CT molecular complexity index is 331. The van der Waals surface area contributed by atoms with Crippen molar-refractivity contribution in [3.63, 3.8) is 0 Å². The number of carbonyl (C=O) groups is 1. The number of esters is 1. The van der Waals surface area contributed by atoms with Gasteiger partial charge in [-0.2, -0.15) is 0 Å². The maximum atomic E-state index is 11.3. The number of ether oxygens (including phenoxy) is 1. The van der Waals surface area contributed by atoms with Crippen molar-refractivity contribution in [3.05, 3.63) is 11.4 Å². The van der Waals surface area contributed by atoms with Crippen LogP contribution in [-0.4, -0.2) is 28.1 Å². The van der Waals surface area contributed by atoms with E-state index in [1.165, 1.54) is 7.11 Å². The summed E-state index contributed by atoms with van der Waals surface area (Å²) in [6, 6.07) is 0.204. The number of methoxy groups -OCH3 is 1. The minimum Gasteiger partial charge on any atom is -0.464 e. The number of aromatic nitrogens is 3. The standard InChI is InChI=1S/C9H15N3O2/c1-5-7-8(9(13)14-4)10-11-12(7)6(2)3/h6H,5H2,1-4H3. The highest BCUT2D eigenvalue weighted by Crippen LogP contribution is 2.12. The molecule has 14 heavy (non-hydrogen) atoms. The van der Waals surface area contributed by atoms with Crippen LogP contribution in [0.5, 0.6) is 0 Å². The van der Waals surface area contributed by atoms with E-state index in [-0.39, 0.29) is 6.04 Å². The lowest BCUT2D eigenvalue weighted by Gasteiger charge is -2.08.